The van der Waals surface area contributed by atoms with Gasteiger partial charge in [0.1, 0.15) is 16.7 Å². The van der Waals surface area contributed by atoms with Gasteiger partial charge in [-0.1, -0.05) is 0 Å². The topological polar surface area (TPSA) is 150 Å². The van der Waals surface area contributed by atoms with Crippen molar-refractivity contribution in [1.82, 2.24) is 34.6 Å². The van der Waals surface area contributed by atoms with Crippen LogP contribution in [0.15, 0.2) is 65.6 Å². The number of carbonyl (C=O) groups is 3. The average Bonchev–Trinajstić information content (AvgIpc) is 3.69. The number of rotatable bonds is 6. The summed E-state index contributed by atoms with van der Waals surface area (Å²) in [4.78, 5) is 68.4. The molecule has 3 fully saturated rings. The molecule has 58 heavy (non-hydrogen) atoms. The molecule has 0 spiro atoms. The number of carbonyl (C=O) groups excluding carboxylic acids is 3. The second kappa shape index (κ2) is 14.5. The van der Waals surface area contributed by atoms with E-state index in [2.05, 4.69) is 67.0 Å². The van der Waals surface area contributed by atoms with Crippen molar-refractivity contribution in [3.8, 4) is 11.3 Å². The Morgan fingerprint density at radius 3 is 2.50 bits per heavy atom. The van der Waals surface area contributed by atoms with Gasteiger partial charge in [0.2, 0.25) is 11.8 Å². The molecular formula is C43H46N10O4S. The lowest BCUT2D eigenvalue weighted by Crippen LogP contribution is -2.49. The first kappa shape index (κ1) is 36.5. The number of imide groups is 1. The lowest BCUT2D eigenvalue weighted by molar-refractivity contribution is -0.135. The van der Waals surface area contributed by atoms with Gasteiger partial charge in [0.05, 0.1) is 27.9 Å². The Kier molecular flexibility index (Phi) is 9.16. The van der Waals surface area contributed by atoms with E-state index >= 15 is 0 Å². The third-order valence-corrected chi connectivity index (χ3v) is 13.7. The van der Waals surface area contributed by atoms with E-state index in [1.165, 1.54) is 15.9 Å². The van der Waals surface area contributed by atoms with Gasteiger partial charge >= 0.3 is 5.69 Å². The largest absolute Gasteiger partial charge is 0.381 e. The van der Waals surface area contributed by atoms with Crippen LogP contribution in [0, 0.1) is 5.92 Å². The molecule has 8 heterocycles. The second-order valence-corrected chi connectivity index (χ2v) is 17.3. The highest BCUT2D eigenvalue weighted by molar-refractivity contribution is 7.21. The lowest BCUT2D eigenvalue weighted by atomic mass is 9.95. The van der Waals surface area contributed by atoms with E-state index in [1.807, 2.05) is 31.3 Å². The molecule has 4 aliphatic heterocycles. The van der Waals surface area contributed by atoms with Gasteiger partial charge in [0.25, 0.3) is 5.91 Å². The van der Waals surface area contributed by atoms with E-state index in [1.54, 1.807) is 11.6 Å². The predicted molar refractivity (Wildman–Crippen MR) is 228 cm³/mol. The number of hydrogen-bond donors (Lipinski definition) is 3. The Bertz CT molecular complexity index is 2690. The highest BCUT2D eigenvalue weighted by Gasteiger charge is 2.32. The van der Waals surface area contributed by atoms with Crippen LogP contribution in [0.5, 0.6) is 0 Å². The zero-order valence-corrected chi connectivity index (χ0v) is 33.5. The zero-order valence-electron chi connectivity index (χ0n) is 32.7. The minimum atomic E-state index is -0.685. The van der Waals surface area contributed by atoms with E-state index in [0.717, 1.165) is 118 Å². The first-order valence-corrected chi connectivity index (χ1v) is 21.1. The maximum absolute atomic E-state index is 13.3. The smallest absolute Gasteiger partial charge is 0.329 e. The maximum atomic E-state index is 13.3. The summed E-state index contributed by atoms with van der Waals surface area (Å²) in [5.74, 6) is 0.871. The van der Waals surface area contributed by atoms with Crippen LogP contribution in [0.1, 0.15) is 48.3 Å². The molecule has 3 amide bonds. The monoisotopic (exact) mass is 798 g/mol. The van der Waals surface area contributed by atoms with Crippen LogP contribution < -0.4 is 31.4 Å². The van der Waals surface area contributed by atoms with Gasteiger partial charge in [-0.25, -0.2) is 14.8 Å². The van der Waals surface area contributed by atoms with E-state index < -0.39 is 11.9 Å². The van der Waals surface area contributed by atoms with Crippen molar-refractivity contribution in [2.75, 3.05) is 67.5 Å². The molecule has 2 atom stereocenters. The van der Waals surface area contributed by atoms with Crippen molar-refractivity contribution >= 4 is 78.3 Å². The molecule has 4 aromatic heterocycles. The lowest BCUT2D eigenvalue weighted by Gasteiger charge is -2.40. The van der Waals surface area contributed by atoms with E-state index in [-0.39, 0.29) is 30.0 Å². The number of anilines is 3. The van der Waals surface area contributed by atoms with Crippen molar-refractivity contribution in [2.45, 2.75) is 44.7 Å². The van der Waals surface area contributed by atoms with Crippen LogP contribution in [0.3, 0.4) is 0 Å². The Morgan fingerprint density at radius 1 is 0.862 bits per heavy atom. The fourth-order valence-electron chi connectivity index (χ4n) is 9.31. The normalized spacial score (nSPS) is 21.0. The molecule has 4 aliphatic rings. The summed E-state index contributed by atoms with van der Waals surface area (Å²) >= 11 is 1.53. The summed E-state index contributed by atoms with van der Waals surface area (Å²) in [5, 5.41) is 11.1. The molecule has 6 aromatic rings. The number of piperidine rings is 2. The molecule has 2 aromatic carbocycles. The van der Waals surface area contributed by atoms with Gasteiger partial charge < -0.3 is 20.4 Å². The van der Waals surface area contributed by atoms with Crippen LogP contribution >= 0.6 is 11.3 Å². The molecule has 3 N–H and O–H groups in total. The number of hydrogen-bond acceptors (Lipinski definition) is 11. The summed E-state index contributed by atoms with van der Waals surface area (Å²) in [6.45, 7) is 9.45. The summed E-state index contributed by atoms with van der Waals surface area (Å²) in [7, 11) is 1.74. The van der Waals surface area contributed by atoms with Crippen LogP contribution in [0.2, 0.25) is 0 Å². The number of imidazole rings is 1. The van der Waals surface area contributed by atoms with E-state index in [4.69, 9.17) is 9.97 Å². The van der Waals surface area contributed by atoms with Gasteiger partial charge in [-0.3, -0.25) is 33.7 Å². The molecule has 3 saturated heterocycles. The first-order chi connectivity index (χ1) is 28.2. The van der Waals surface area contributed by atoms with Crippen LogP contribution in [0.25, 0.3) is 43.3 Å². The molecule has 298 valence electrons. The molecule has 10 rings (SSSR count). The number of aryl methyl sites for hydroxylation is 1. The molecule has 1 unspecified atom stereocenters. The van der Waals surface area contributed by atoms with Crippen molar-refractivity contribution in [2.24, 2.45) is 13.0 Å². The van der Waals surface area contributed by atoms with Gasteiger partial charge in [-0.05, 0) is 86.7 Å². The Balaban J connectivity index is 0.763. The number of nitrogens with zero attached hydrogens (tertiary/aromatic N) is 7. The Labute approximate surface area is 338 Å². The molecule has 0 radical (unpaired) electrons. The van der Waals surface area contributed by atoms with Gasteiger partial charge in [0.15, 0.2) is 0 Å². The van der Waals surface area contributed by atoms with Crippen molar-refractivity contribution in [3.05, 3.63) is 76.2 Å². The van der Waals surface area contributed by atoms with E-state index in [9.17, 15) is 19.2 Å². The molecular weight excluding hydrogens is 753 g/mol. The number of amides is 3. The summed E-state index contributed by atoms with van der Waals surface area (Å²) in [6, 6.07) is 18.0. The van der Waals surface area contributed by atoms with E-state index in [0.29, 0.717) is 24.4 Å². The van der Waals surface area contributed by atoms with Crippen LogP contribution in [-0.4, -0.2) is 100 Å². The second-order valence-electron chi connectivity index (χ2n) is 16.2. The minimum absolute atomic E-state index is 0.0245. The van der Waals surface area contributed by atoms with Crippen LogP contribution in [-0.2, 0) is 16.6 Å². The Hall–Kier alpha value is -5.80. The SMILES string of the molecule is C[C@@H]1CNc2c(sc3ccc4nc(-c5ccnc(N6CCC(CN7CCN(c8ccc9c(c8)n(C)c(=O)n9C8CCC(=O)NC8=O)CC7)CC6)c5)ccc4c23)C(=O)N1. The molecule has 0 saturated carbocycles. The molecule has 0 aliphatic carbocycles. The molecule has 15 heteroatoms. The highest BCUT2D eigenvalue weighted by Crippen LogP contribution is 2.41. The average molecular weight is 799 g/mol. The molecule has 14 nitrogen and oxygen atoms in total. The summed E-state index contributed by atoms with van der Waals surface area (Å²) < 4.78 is 4.22. The third kappa shape index (κ3) is 6.46. The number of pyridine rings is 2. The predicted octanol–water partition coefficient (Wildman–Crippen LogP) is 4.73. The Morgan fingerprint density at radius 2 is 1.69 bits per heavy atom. The number of nitrogens with one attached hydrogen (secondary N) is 3. The minimum Gasteiger partial charge on any atom is -0.381 e. The zero-order chi connectivity index (χ0) is 39.7. The van der Waals surface area contributed by atoms with Gasteiger partial charge in [0, 0.05) is 105 Å². The quantitative estimate of drug-likeness (QED) is 0.202. The highest BCUT2D eigenvalue weighted by atomic mass is 32.1. The number of piperazine rings is 1. The standard InChI is InChI=1S/C43H46N10O4S/c1-25-23-45-39-38-29-4-5-30(47-31(29)6-9-35(38)58-40(39)42(56)46-25)27-11-14-44-36(21-27)52-15-12-26(13-16-52)24-50-17-19-51(20-18-50)28-3-7-32-34(22-28)49(2)43(57)53(32)33-8-10-37(54)48-41(33)55/h3-7,9,11,14,21-22,25-26,33,45H,8,10,12-13,15-20,23-24H2,1-2H3,(H,46,56)(H,48,54,55)/t25-,33?/m1/s1. The number of aromatic nitrogens is 4. The van der Waals surface area contributed by atoms with Crippen molar-refractivity contribution < 1.29 is 14.4 Å². The first-order valence-electron chi connectivity index (χ1n) is 20.3. The van der Waals surface area contributed by atoms with Crippen molar-refractivity contribution in [3.63, 3.8) is 0 Å². The maximum Gasteiger partial charge on any atom is 0.329 e. The van der Waals surface area contributed by atoms with Crippen LogP contribution in [0.4, 0.5) is 17.2 Å². The number of fused-ring (bicyclic) bond motifs is 6. The van der Waals surface area contributed by atoms with Gasteiger partial charge in [-0.2, -0.15) is 0 Å². The number of benzene rings is 2. The number of thiophene rings is 1. The van der Waals surface area contributed by atoms with Gasteiger partial charge in [-0.15, -0.1) is 11.3 Å². The fraction of sp³-hybridized carbons (Fsp3) is 0.395. The fourth-order valence-corrected chi connectivity index (χ4v) is 10.4. The third-order valence-electron chi connectivity index (χ3n) is 12.5. The summed E-state index contributed by atoms with van der Waals surface area (Å²) in [6.07, 6.45) is 4.66. The van der Waals surface area contributed by atoms with Crippen molar-refractivity contribution in [1.29, 1.82) is 0 Å². The molecule has 0 bridgehead atoms. The summed E-state index contributed by atoms with van der Waals surface area (Å²) in [5.41, 5.74) is 6.07.